The molecule has 136 valence electrons. The average molecular weight is 361 g/mol. The fourth-order valence-corrected chi connectivity index (χ4v) is 2.47. The monoisotopic (exact) mass is 361 g/mol. The Morgan fingerprint density at radius 1 is 0.926 bits per heavy atom. The van der Waals surface area contributed by atoms with Crippen LogP contribution in [0.5, 0.6) is 5.75 Å². The van der Waals surface area contributed by atoms with Crippen LogP contribution in [0.3, 0.4) is 0 Å². The van der Waals surface area contributed by atoms with E-state index in [1.54, 1.807) is 36.4 Å². The van der Waals surface area contributed by atoms with E-state index in [-0.39, 0.29) is 11.8 Å². The number of aromatic nitrogens is 1. The molecule has 1 heterocycles. The average Bonchev–Trinajstić information content (AvgIpc) is 2.73. The zero-order valence-electron chi connectivity index (χ0n) is 14.8. The van der Waals surface area contributed by atoms with Crippen molar-refractivity contribution in [3.05, 3.63) is 89.6 Å². The zero-order valence-corrected chi connectivity index (χ0v) is 14.8. The molecule has 2 N–H and O–H groups in total. The number of carbonyl (C=O) groups excluding carboxylic acids is 2. The number of anilines is 1. The van der Waals surface area contributed by atoms with E-state index in [1.807, 2.05) is 30.3 Å². The lowest BCUT2D eigenvalue weighted by molar-refractivity contribution is 0.0949. The Kier molecular flexibility index (Phi) is 5.79. The smallest absolute Gasteiger partial charge is 0.256 e. The molecule has 0 unspecified atom stereocenters. The molecule has 0 bridgehead atoms. The van der Waals surface area contributed by atoms with E-state index in [0.717, 1.165) is 5.56 Å². The summed E-state index contributed by atoms with van der Waals surface area (Å²) in [6.45, 7) is 0.424. The summed E-state index contributed by atoms with van der Waals surface area (Å²) in [5.74, 6) is 0.321. The minimum atomic E-state index is -0.330. The molecular formula is C21H19N3O3. The van der Waals surface area contributed by atoms with Gasteiger partial charge in [0.15, 0.2) is 0 Å². The molecule has 0 saturated heterocycles. The summed E-state index contributed by atoms with van der Waals surface area (Å²) in [5, 5.41) is 5.54. The molecule has 0 aliphatic rings. The summed E-state index contributed by atoms with van der Waals surface area (Å²) in [7, 11) is 1.54. The lowest BCUT2D eigenvalue weighted by Gasteiger charge is -2.08. The summed E-state index contributed by atoms with van der Waals surface area (Å²) in [6.07, 6.45) is 1.48. The van der Waals surface area contributed by atoms with Crippen LogP contribution < -0.4 is 15.4 Å². The van der Waals surface area contributed by atoms with E-state index in [4.69, 9.17) is 4.74 Å². The molecule has 0 saturated carbocycles. The van der Waals surface area contributed by atoms with Gasteiger partial charge < -0.3 is 15.4 Å². The van der Waals surface area contributed by atoms with E-state index in [2.05, 4.69) is 15.6 Å². The molecule has 0 atom stereocenters. The number of amides is 2. The van der Waals surface area contributed by atoms with Crippen molar-refractivity contribution in [2.75, 3.05) is 12.4 Å². The minimum Gasteiger partial charge on any atom is -0.497 e. The van der Waals surface area contributed by atoms with Crippen molar-refractivity contribution < 1.29 is 14.3 Å². The molecule has 27 heavy (non-hydrogen) atoms. The van der Waals surface area contributed by atoms with Gasteiger partial charge in [0.1, 0.15) is 11.6 Å². The second-order valence-electron chi connectivity index (χ2n) is 5.78. The first-order valence-corrected chi connectivity index (χ1v) is 8.39. The Labute approximate surface area is 157 Å². The lowest BCUT2D eigenvalue weighted by Crippen LogP contribution is -2.23. The van der Waals surface area contributed by atoms with Crippen molar-refractivity contribution >= 4 is 17.6 Å². The number of hydrogen-bond donors (Lipinski definition) is 2. The molecule has 3 rings (SSSR count). The summed E-state index contributed by atoms with van der Waals surface area (Å²) < 4.78 is 5.12. The summed E-state index contributed by atoms with van der Waals surface area (Å²) in [6, 6.07) is 19.6. The molecule has 6 nitrogen and oxygen atoms in total. The largest absolute Gasteiger partial charge is 0.497 e. The van der Waals surface area contributed by atoms with Crippen LogP contribution in [0.1, 0.15) is 26.3 Å². The Balaban J connectivity index is 1.65. The summed E-state index contributed by atoms with van der Waals surface area (Å²) >= 11 is 0. The number of carbonyl (C=O) groups is 2. The van der Waals surface area contributed by atoms with Gasteiger partial charge in [0.05, 0.1) is 7.11 Å². The lowest BCUT2D eigenvalue weighted by atomic mass is 10.2. The molecule has 0 aliphatic heterocycles. The van der Waals surface area contributed by atoms with Crippen LogP contribution in [0.15, 0.2) is 72.9 Å². The highest BCUT2D eigenvalue weighted by molar-refractivity contribution is 6.04. The zero-order chi connectivity index (χ0) is 19.1. The third-order valence-electron chi connectivity index (χ3n) is 3.89. The molecule has 6 heteroatoms. The van der Waals surface area contributed by atoms with Gasteiger partial charge in [-0.05, 0) is 35.9 Å². The van der Waals surface area contributed by atoms with Gasteiger partial charge in [0, 0.05) is 23.9 Å². The minimum absolute atomic E-state index is 0.238. The molecule has 0 radical (unpaired) electrons. The fraction of sp³-hybridized carbons (Fsp3) is 0.0952. The Morgan fingerprint density at radius 2 is 1.70 bits per heavy atom. The van der Waals surface area contributed by atoms with Crippen LogP contribution in [0.2, 0.25) is 0 Å². The van der Waals surface area contributed by atoms with Gasteiger partial charge in [-0.1, -0.05) is 36.4 Å². The number of hydrogen-bond acceptors (Lipinski definition) is 4. The van der Waals surface area contributed by atoms with E-state index >= 15 is 0 Å². The number of methoxy groups -OCH3 is 1. The van der Waals surface area contributed by atoms with E-state index in [1.165, 1.54) is 13.3 Å². The van der Waals surface area contributed by atoms with Crippen LogP contribution in [0.4, 0.5) is 5.82 Å². The first kappa shape index (κ1) is 18.1. The predicted octanol–water partition coefficient (Wildman–Crippen LogP) is 3.27. The normalized spacial score (nSPS) is 10.1. The van der Waals surface area contributed by atoms with Gasteiger partial charge in [0.25, 0.3) is 11.8 Å². The number of ether oxygens (including phenoxy) is 1. The van der Waals surface area contributed by atoms with Gasteiger partial charge >= 0.3 is 0 Å². The summed E-state index contributed by atoms with van der Waals surface area (Å²) in [5.41, 5.74) is 1.86. The Bertz CT molecular complexity index is 942. The molecule has 2 aromatic carbocycles. The third kappa shape index (κ3) is 4.92. The second-order valence-corrected chi connectivity index (χ2v) is 5.78. The highest BCUT2D eigenvalue weighted by Crippen LogP contribution is 2.14. The maximum Gasteiger partial charge on any atom is 0.256 e. The molecule has 0 fully saturated rings. The number of rotatable bonds is 6. The highest BCUT2D eigenvalue weighted by Gasteiger charge is 2.11. The van der Waals surface area contributed by atoms with Crippen LogP contribution in [0.25, 0.3) is 0 Å². The SMILES string of the molecule is COc1cccc(C(=O)Nc2cc(C(=O)NCc3ccccc3)ccn2)c1. The van der Waals surface area contributed by atoms with Crippen LogP contribution in [-0.4, -0.2) is 23.9 Å². The van der Waals surface area contributed by atoms with Gasteiger partial charge in [-0.3, -0.25) is 9.59 Å². The maximum atomic E-state index is 12.4. The standard InChI is InChI=1S/C21H19N3O3/c1-27-18-9-5-8-16(12-18)21(26)24-19-13-17(10-11-22-19)20(25)23-14-15-6-3-2-4-7-15/h2-13H,14H2,1H3,(H,23,25)(H,22,24,26). The van der Waals surface area contributed by atoms with Crippen molar-refractivity contribution in [3.8, 4) is 5.75 Å². The van der Waals surface area contributed by atoms with Gasteiger partial charge in [-0.2, -0.15) is 0 Å². The quantitative estimate of drug-likeness (QED) is 0.706. The maximum absolute atomic E-state index is 12.4. The van der Waals surface area contributed by atoms with Crippen molar-refractivity contribution in [2.45, 2.75) is 6.54 Å². The molecule has 2 amide bonds. The number of pyridine rings is 1. The van der Waals surface area contributed by atoms with Gasteiger partial charge in [-0.15, -0.1) is 0 Å². The predicted molar refractivity (Wildman–Crippen MR) is 103 cm³/mol. The molecular weight excluding hydrogens is 342 g/mol. The fourth-order valence-electron chi connectivity index (χ4n) is 2.47. The first-order chi connectivity index (χ1) is 13.2. The number of nitrogens with zero attached hydrogens (tertiary/aromatic N) is 1. The van der Waals surface area contributed by atoms with Crippen LogP contribution in [-0.2, 0) is 6.54 Å². The molecule has 3 aromatic rings. The van der Waals surface area contributed by atoms with E-state index < -0.39 is 0 Å². The van der Waals surface area contributed by atoms with Gasteiger partial charge in [0.2, 0.25) is 0 Å². The van der Waals surface area contributed by atoms with E-state index in [0.29, 0.717) is 29.2 Å². The topological polar surface area (TPSA) is 80.3 Å². The highest BCUT2D eigenvalue weighted by atomic mass is 16.5. The first-order valence-electron chi connectivity index (χ1n) is 8.39. The molecule has 0 aliphatic carbocycles. The van der Waals surface area contributed by atoms with Crippen molar-refractivity contribution in [1.29, 1.82) is 0 Å². The van der Waals surface area contributed by atoms with Crippen LogP contribution in [0, 0.1) is 0 Å². The van der Waals surface area contributed by atoms with Gasteiger partial charge in [-0.25, -0.2) is 4.98 Å². The third-order valence-corrected chi connectivity index (χ3v) is 3.89. The van der Waals surface area contributed by atoms with Crippen molar-refractivity contribution in [3.63, 3.8) is 0 Å². The van der Waals surface area contributed by atoms with E-state index in [9.17, 15) is 9.59 Å². The Hall–Kier alpha value is -3.67. The number of nitrogens with one attached hydrogen (secondary N) is 2. The number of benzene rings is 2. The second kappa shape index (κ2) is 8.62. The van der Waals surface area contributed by atoms with Crippen LogP contribution >= 0.6 is 0 Å². The Morgan fingerprint density at radius 3 is 2.48 bits per heavy atom. The molecule has 1 aromatic heterocycles. The van der Waals surface area contributed by atoms with Crippen molar-refractivity contribution in [2.24, 2.45) is 0 Å². The summed E-state index contributed by atoms with van der Waals surface area (Å²) in [4.78, 5) is 28.8. The molecule has 0 spiro atoms. The van der Waals surface area contributed by atoms with Crippen molar-refractivity contribution in [1.82, 2.24) is 10.3 Å².